The molecule has 0 spiro atoms. The highest BCUT2D eigenvalue weighted by Crippen LogP contribution is 2.39. The Balaban J connectivity index is 1.63. The van der Waals surface area contributed by atoms with Crippen molar-refractivity contribution < 1.29 is 4.79 Å². The van der Waals surface area contributed by atoms with Gasteiger partial charge in [-0.05, 0) is 31.0 Å². The number of benzene rings is 1. The fourth-order valence-corrected chi connectivity index (χ4v) is 4.21. The van der Waals surface area contributed by atoms with Gasteiger partial charge in [0, 0.05) is 29.5 Å². The zero-order valence-electron chi connectivity index (χ0n) is 14.4. The van der Waals surface area contributed by atoms with Crippen molar-refractivity contribution in [1.29, 1.82) is 0 Å². The standard InChI is InChI=1S/C19H19N5OS/c1-12-9-15(17(20)25)14-5-2-3-6-16(14)24(12)10-13-11-26-19(23-13)18-21-7-4-8-22-18/h2-8,11-12,15H,9-10H2,1H3,(H2,20,25)/t12-,15-/m0/s1. The van der Waals surface area contributed by atoms with Crippen molar-refractivity contribution in [3.05, 3.63) is 59.4 Å². The Labute approximate surface area is 155 Å². The number of rotatable bonds is 4. The number of fused-ring (bicyclic) bond motifs is 1. The molecule has 1 amide bonds. The highest BCUT2D eigenvalue weighted by atomic mass is 32.1. The summed E-state index contributed by atoms with van der Waals surface area (Å²) < 4.78 is 0. The molecule has 2 N–H and O–H groups in total. The van der Waals surface area contributed by atoms with Crippen LogP contribution in [0.1, 0.15) is 30.5 Å². The summed E-state index contributed by atoms with van der Waals surface area (Å²) in [6.45, 7) is 2.80. The molecule has 3 heterocycles. The smallest absolute Gasteiger partial charge is 0.225 e. The molecule has 26 heavy (non-hydrogen) atoms. The van der Waals surface area contributed by atoms with Gasteiger partial charge < -0.3 is 10.6 Å². The average Bonchev–Trinajstić information content (AvgIpc) is 3.13. The van der Waals surface area contributed by atoms with Gasteiger partial charge in [-0.1, -0.05) is 18.2 Å². The number of hydrogen-bond donors (Lipinski definition) is 1. The molecule has 1 aliphatic rings. The van der Waals surface area contributed by atoms with Crippen LogP contribution in [-0.2, 0) is 11.3 Å². The second kappa shape index (κ2) is 6.84. The summed E-state index contributed by atoms with van der Waals surface area (Å²) >= 11 is 1.54. The molecular weight excluding hydrogens is 346 g/mol. The predicted molar refractivity (Wildman–Crippen MR) is 102 cm³/mol. The van der Waals surface area contributed by atoms with Crippen LogP contribution in [0.25, 0.3) is 10.8 Å². The van der Waals surface area contributed by atoms with E-state index in [4.69, 9.17) is 10.7 Å². The normalized spacial score (nSPS) is 19.2. The first-order chi connectivity index (χ1) is 12.6. The molecule has 0 unspecified atom stereocenters. The number of amides is 1. The van der Waals surface area contributed by atoms with E-state index < -0.39 is 0 Å². The molecule has 0 fully saturated rings. The monoisotopic (exact) mass is 365 g/mol. The predicted octanol–water partition coefficient (Wildman–Crippen LogP) is 2.97. The molecule has 7 heteroatoms. The lowest BCUT2D eigenvalue weighted by molar-refractivity contribution is -0.119. The molecule has 1 aliphatic heterocycles. The van der Waals surface area contributed by atoms with Crippen molar-refractivity contribution in [3.8, 4) is 10.8 Å². The molecule has 0 aliphatic carbocycles. The van der Waals surface area contributed by atoms with Crippen LogP contribution in [0.4, 0.5) is 5.69 Å². The van der Waals surface area contributed by atoms with Crippen LogP contribution >= 0.6 is 11.3 Å². The van der Waals surface area contributed by atoms with Gasteiger partial charge in [0.05, 0.1) is 18.2 Å². The third kappa shape index (κ3) is 3.06. The van der Waals surface area contributed by atoms with E-state index in [2.05, 4.69) is 27.9 Å². The second-order valence-corrected chi connectivity index (χ2v) is 7.30. The minimum Gasteiger partial charge on any atom is -0.369 e. The first kappa shape index (κ1) is 16.7. The summed E-state index contributed by atoms with van der Waals surface area (Å²) in [5.41, 5.74) is 8.65. The summed E-state index contributed by atoms with van der Waals surface area (Å²) in [6, 6.07) is 9.98. The van der Waals surface area contributed by atoms with E-state index in [9.17, 15) is 4.79 Å². The van der Waals surface area contributed by atoms with Gasteiger partial charge in [-0.15, -0.1) is 11.3 Å². The maximum absolute atomic E-state index is 11.9. The Kier molecular flexibility index (Phi) is 4.38. The van der Waals surface area contributed by atoms with Crippen molar-refractivity contribution in [2.24, 2.45) is 5.73 Å². The number of nitrogens with two attached hydrogens (primary N) is 1. The Morgan fingerprint density at radius 2 is 2.04 bits per heavy atom. The highest BCUT2D eigenvalue weighted by molar-refractivity contribution is 7.13. The zero-order chi connectivity index (χ0) is 18.1. The first-order valence-electron chi connectivity index (χ1n) is 8.50. The molecular formula is C19H19N5OS. The van der Waals surface area contributed by atoms with Gasteiger partial charge in [0.25, 0.3) is 0 Å². The first-order valence-corrected chi connectivity index (χ1v) is 9.38. The van der Waals surface area contributed by atoms with Crippen LogP contribution in [0.15, 0.2) is 48.1 Å². The Morgan fingerprint density at radius 3 is 2.81 bits per heavy atom. The summed E-state index contributed by atoms with van der Waals surface area (Å²) in [5.74, 6) is 0.145. The molecule has 3 aromatic rings. The van der Waals surface area contributed by atoms with Crippen molar-refractivity contribution in [3.63, 3.8) is 0 Å². The summed E-state index contributed by atoms with van der Waals surface area (Å²) in [5, 5.41) is 2.86. The minimum absolute atomic E-state index is 0.195. The molecule has 0 saturated heterocycles. The summed E-state index contributed by atoms with van der Waals surface area (Å²) in [6.07, 6.45) is 4.15. The lowest BCUT2D eigenvalue weighted by Gasteiger charge is -2.39. The van der Waals surface area contributed by atoms with Gasteiger partial charge in [0.15, 0.2) is 10.8 Å². The van der Waals surface area contributed by atoms with E-state index in [-0.39, 0.29) is 17.9 Å². The topological polar surface area (TPSA) is 85.0 Å². The van der Waals surface area contributed by atoms with Gasteiger partial charge in [-0.25, -0.2) is 15.0 Å². The lowest BCUT2D eigenvalue weighted by atomic mass is 9.85. The van der Waals surface area contributed by atoms with Crippen LogP contribution < -0.4 is 10.6 Å². The number of anilines is 1. The van der Waals surface area contributed by atoms with Crippen LogP contribution in [0.3, 0.4) is 0 Å². The quantitative estimate of drug-likeness (QED) is 0.768. The van der Waals surface area contributed by atoms with Gasteiger partial charge >= 0.3 is 0 Å². The third-order valence-corrected chi connectivity index (χ3v) is 5.60. The number of aromatic nitrogens is 3. The molecule has 0 saturated carbocycles. The maximum atomic E-state index is 11.9. The molecule has 0 bridgehead atoms. The van der Waals surface area contributed by atoms with Crippen molar-refractivity contribution in [2.45, 2.75) is 31.8 Å². The fourth-order valence-electron chi connectivity index (χ4n) is 3.45. The van der Waals surface area contributed by atoms with Gasteiger partial charge in [0.2, 0.25) is 5.91 Å². The Bertz CT molecular complexity index is 926. The second-order valence-electron chi connectivity index (χ2n) is 6.44. The van der Waals surface area contributed by atoms with Gasteiger partial charge in [0.1, 0.15) is 0 Å². The Morgan fingerprint density at radius 1 is 1.27 bits per heavy atom. The minimum atomic E-state index is -0.263. The number of hydrogen-bond acceptors (Lipinski definition) is 6. The number of para-hydroxylation sites is 1. The fraction of sp³-hybridized carbons (Fsp3) is 0.263. The van der Waals surface area contributed by atoms with E-state index >= 15 is 0 Å². The SMILES string of the molecule is C[C@H]1C[C@H](C(N)=O)c2ccccc2N1Cc1csc(-c2ncccn2)n1. The van der Waals surface area contributed by atoms with E-state index in [1.807, 2.05) is 23.6 Å². The van der Waals surface area contributed by atoms with Crippen LogP contribution in [0, 0.1) is 0 Å². The molecule has 132 valence electrons. The maximum Gasteiger partial charge on any atom is 0.225 e. The van der Waals surface area contributed by atoms with E-state index in [1.165, 1.54) is 0 Å². The van der Waals surface area contributed by atoms with Crippen LogP contribution in [0.5, 0.6) is 0 Å². The van der Waals surface area contributed by atoms with Crippen LogP contribution in [-0.4, -0.2) is 26.9 Å². The summed E-state index contributed by atoms with van der Waals surface area (Å²) in [4.78, 5) is 27.4. The molecule has 0 radical (unpaired) electrons. The van der Waals surface area contributed by atoms with Crippen molar-refractivity contribution in [2.75, 3.05) is 4.90 Å². The number of carbonyl (C=O) groups excluding carboxylic acids is 1. The lowest BCUT2D eigenvalue weighted by Crippen LogP contribution is -2.41. The van der Waals surface area contributed by atoms with E-state index in [0.29, 0.717) is 18.8 Å². The number of carbonyl (C=O) groups is 1. The summed E-state index contributed by atoms with van der Waals surface area (Å²) in [7, 11) is 0. The molecule has 4 rings (SSSR count). The molecule has 2 aromatic heterocycles. The average molecular weight is 365 g/mol. The van der Waals surface area contributed by atoms with Crippen molar-refractivity contribution >= 4 is 22.9 Å². The number of thiazole rings is 1. The van der Waals surface area contributed by atoms with Gasteiger partial charge in [-0.3, -0.25) is 4.79 Å². The number of primary amides is 1. The Hall–Kier alpha value is -2.80. The highest BCUT2D eigenvalue weighted by Gasteiger charge is 2.33. The third-order valence-electron chi connectivity index (χ3n) is 4.72. The van der Waals surface area contributed by atoms with E-state index in [1.54, 1.807) is 29.8 Å². The molecule has 1 aromatic carbocycles. The largest absolute Gasteiger partial charge is 0.369 e. The zero-order valence-corrected chi connectivity index (χ0v) is 15.2. The van der Waals surface area contributed by atoms with Crippen LogP contribution in [0.2, 0.25) is 0 Å². The molecule has 2 atom stereocenters. The number of nitrogens with zero attached hydrogens (tertiary/aromatic N) is 4. The van der Waals surface area contributed by atoms with Crippen molar-refractivity contribution in [1.82, 2.24) is 15.0 Å². The molecule has 6 nitrogen and oxygen atoms in total. The van der Waals surface area contributed by atoms with E-state index in [0.717, 1.165) is 22.0 Å². The van der Waals surface area contributed by atoms with Gasteiger partial charge in [-0.2, -0.15) is 0 Å².